The summed E-state index contributed by atoms with van der Waals surface area (Å²) < 4.78 is 19.9. The van der Waals surface area contributed by atoms with Crippen LogP contribution >= 0.6 is 38.6 Å². The number of hydrogen-bond acceptors (Lipinski definition) is 8. The van der Waals surface area contributed by atoms with E-state index in [2.05, 4.69) is 50.9 Å². The van der Waals surface area contributed by atoms with Crippen LogP contribution in [-0.2, 0) is 17.8 Å². The van der Waals surface area contributed by atoms with E-state index in [1.165, 1.54) is 0 Å². The number of aromatic nitrogens is 2. The zero-order chi connectivity index (χ0) is 33.9. The van der Waals surface area contributed by atoms with Crippen molar-refractivity contribution in [3.8, 4) is 6.01 Å². The Kier molecular flexibility index (Phi) is 14.9. The number of alkyl halides is 1. The smallest absolute Gasteiger partial charge is 0.318 e. The van der Waals surface area contributed by atoms with Gasteiger partial charge in [-0.15, -0.1) is 0 Å². The highest BCUT2D eigenvalue weighted by Crippen LogP contribution is 2.37. The lowest BCUT2D eigenvalue weighted by Crippen LogP contribution is -2.56. The molecule has 14 heteroatoms. The van der Waals surface area contributed by atoms with Crippen molar-refractivity contribution in [2.24, 2.45) is 0 Å². The van der Waals surface area contributed by atoms with E-state index in [9.17, 15) is 9.18 Å². The number of likely N-dealkylation sites (tertiary alicyclic amines) is 2. The third-order valence-corrected chi connectivity index (χ3v) is 10.8. The fourth-order valence-electron chi connectivity index (χ4n) is 7.77. The average molecular weight is 771 g/mol. The maximum absolute atomic E-state index is 13.6. The van der Waals surface area contributed by atoms with Gasteiger partial charge in [-0.2, -0.15) is 37.0 Å². The number of rotatable bonds is 9. The van der Waals surface area contributed by atoms with Gasteiger partial charge in [-0.05, 0) is 56.8 Å². The van der Waals surface area contributed by atoms with Crippen LogP contribution in [0.25, 0.3) is 15.6 Å². The van der Waals surface area contributed by atoms with Crippen molar-refractivity contribution >= 4 is 66.8 Å². The SMILES string of the molecule is C.S.S.[C-]#[N+]C[C@H]1CN(c2nc(OC[C@@H]3CCCN3C)nc3c2CCN(c2cccc4cccc(Cl)c24)C3)CCN1C(=O)/C=C/CN1CCC(F)C1. The van der Waals surface area contributed by atoms with E-state index < -0.39 is 6.17 Å². The van der Waals surface area contributed by atoms with Crippen LogP contribution < -0.4 is 14.5 Å². The molecule has 0 aliphatic carbocycles. The van der Waals surface area contributed by atoms with Crippen LogP contribution in [0.5, 0.6) is 6.01 Å². The quantitative estimate of drug-likeness (QED) is 0.203. The fourth-order valence-corrected chi connectivity index (χ4v) is 8.05. The third kappa shape index (κ3) is 9.08. The van der Waals surface area contributed by atoms with Gasteiger partial charge >= 0.3 is 6.01 Å². The number of ether oxygens (including phenoxy) is 1. The summed E-state index contributed by atoms with van der Waals surface area (Å²) in [5.41, 5.74) is 3.09. The zero-order valence-corrected chi connectivity index (χ0v) is 31.9. The summed E-state index contributed by atoms with van der Waals surface area (Å²) in [6.45, 7) is 14.0. The van der Waals surface area contributed by atoms with Crippen LogP contribution in [0, 0.1) is 6.57 Å². The van der Waals surface area contributed by atoms with Crippen LogP contribution in [-0.4, -0.2) is 121 Å². The normalized spacial score (nSPS) is 22.0. The Morgan fingerprint density at radius 1 is 1.04 bits per heavy atom. The number of carbonyl (C=O) groups excluding carboxylic acids is 1. The molecule has 10 nitrogen and oxygen atoms in total. The van der Waals surface area contributed by atoms with Gasteiger partial charge in [0.25, 0.3) is 0 Å². The first-order valence-electron chi connectivity index (χ1n) is 17.4. The highest BCUT2D eigenvalue weighted by atomic mass is 35.5. The second-order valence-electron chi connectivity index (χ2n) is 13.6. The van der Waals surface area contributed by atoms with Crippen LogP contribution in [0.2, 0.25) is 5.02 Å². The Hall–Kier alpha value is -3.28. The molecule has 1 aromatic heterocycles. The molecule has 3 saturated heterocycles. The molecule has 1 amide bonds. The third-order valence-electron chi connectivity index (χ3n) is 10.5. The molecule has 0 radical (unpaired) electrons. The van der Waals surface area contributed by atoms with Gasteiger partial charge < -0.3 is 29.2 Å². The minimum Gasteiger partial charge on any atom is -0.462 e. The molecule has 3 aromatic rings. The maximum Gasteiger partial charge on any atom is 0.318 e. The summed E-state index contributed by atoms with van der Waals surface area (Å²) in [5.74, 6) is 0.728. The van der Waals surface area contributed by atoms with Gasteiger partial charge in [0.15, 0.2) is 0 Å². The lowest BCUT2D eigenvalue weighted by molar-refractivity contribution is -0.128. The van der Waals surface area contributed by atoms with Gasteiger partial charge in [0.1, 0.15) is 24.6 Å². The Balaban J connectivity index is 0.00000202. The molecule has 4 aliphatic heterocycles. The lowest BCUT2D eigenvalue weighted by atomic mass is 10.0. The standard InChI is InChI=1S/C37H44ClFN8O2.CH4.2H2S/c1-40-21-29-23-46(19-20-47(29)34(48)12-6-16-44-17-13-27(39)22-44)36-30-14-18-45(33-11-4-8-26-7-3-10-31(38)35(26)33)24-32(30)41-37(42-36)49-25-28-9-5-15-43(28)2;;;/h3-4,6-8,10-12,27-29H,5,9,13-25H2,2H3;1H4;2*1H2/b12-6+;;;/t27?,28-,29-;;;/m0.../s1. The van der Waals surface area contributed by atoms with E-state index in [0.29, 0.717) is 70.9 Å². The number of halogens is 2. The number of fused-ring (bicyclic) bond motifs is 2. The maximum atomic E-state index is 13.6. The first-order valence-corrected chi connectivity index (χ1v) is 17.8. The number of carbonyl (C=O) groups is 1. The van der Waals surface area contributed by atoms with Crippen molar-refractivity contribution in [2.75, 3.05) is 82.4 Å². The van der Waals surface area contributed by atoms with Crippen LogP contribution in [0.4, 0.5) is 15.9 Å². The number of hydrogen-bond donors (Lipinski definition) is 0. The molecule has 3 fully saturated rings. The monoisotopic (exact) mass is 770 g/mol. The topological polar surface area (TPSA) is 72.6 Å². The summed E-state index contributed by atoms with van der Waals surface area (Å²) in [4.78, 5) is 37.8. The molecule has 0 bridgehead atoms. The predicted octanol–water partition coefficient (Wildman–Crippen LogP) is 5.72. The highest BCUT2D eigenvalue weighted by molar-refractivity contribution is 7.59. The fraction of sp³-hybridized carbons (Fsp3) is 0.526. The summed E-state index contributed by atoms with van der Waals surface area (Å²) in [7, 11) is 2.13. The van der Waals surface area contributed by atoms with Gasteiger partial charge in [-0.25, -0.2) is 11.0 Å². The van der Waals surface area contributed by atoms with Gasteiger partial charge in [-0.3, -0.25) is 9.69 Å². The Labute approximate surface area is 326 Å². The Morgan fingerprint density at radius 2 is 1.85 bits per heavy atom. The Morgan fingerprint density at radius 3 is 2.58 bits per heavy atom. The molecule has 0 spiro atoms. The van der Waals surface area contributed by atoms with Gasteiger partial charge in [-0.1, -0.05) is 49.4 Å². The highest BCUT2D eigenvalue weighted by Gasteiger charge is 2.35. The van der Waals surface area contributed by atoms with Crippen molar-refractivity contribution in [2.45, 2.75) is 57.9 Å². The number of amides is 1. The molecule has 2 aromatic carbocycles. The molecule has 5 heterocycles. The molecule has 0 N–H and O–H groups in total. The molecule has 282 valence electrons. The molecule has 3 atom stereocenters. The molecular formula is C38H52ClFN8O2S2. The molecular weight excluding hydrogens is 719 g/mol. The van der Waals surface area contributed by atoms with Crippen molar-refractivity contribution in [3.63, 3.8) is 0 Å². The zero-order valence-electron chi connectivity index (χ0n) is 29.1. The average Bonchev–Trinajstić information content (AvgIpc) is 3.73. The number of piperazine rings is 1. The molecule has 1 unspecified atom stereocenters. The van der Waals surface area contributed by atoms with Crippen LogP contribution in [0.15, 0.2) is 48.6 Å². The summed E-state index contributed by atoms with van der Waals surface area (Å²) in [6.07, 6.45) is 6.14. The summed E-state index contributed by atoms with van der Waals surface area (Å²) >= 11 is 6.73. The number of benzene rings is 2. The summed E-state index contributed by atoms with van der Waals surface area (Å²) in [6, 6.07) is 12.7. The van der Waals surface area contributed by atoms with Gasteiger partial charge in [0.2, 0.25) is 12.5 Å². The van der Waals surface area contributed by atoms with Crippen molar-refractivity contribution < 1.29 is 13.9 Å². The molecule has 52 heavy (non-hydrogen) atoms. The van der Waals surface area contributed by atoms with Crippen LogP contribution in [0.1, 0.15) is 37.9 Å². The minimum atomic E-state index is -0.789. The van der Waals surface area contributed by atoms with E-state index in [1.807, 2.05) is 23.1 Å². The van der Waals surface area contributed by atoms with Gasteiger partial charge in [0, 0.05) is 74.6 Å². The van der Waals surface area contributed by atoms with Crippen LogP contribution in [0.3, 0.4) is 0 Å². The predicted molar refractivity (Wildman–Crippen MR) is 219 cm³/mol. The van der Waals surface area contributed by atoms with Crippen molar-refractivity contribution in [3.05, 3.63) is 76.2 Å². The van der Waals surface area contributed by atoms with Crippen molar-refractivity contribution in [1.29, 1.82) is 0 Å². The first kappa shape index (κ1) is 41.5. The van der Waals surface area contributed by atoms with E-state index in [4.69, 9.17) is 32.9 Å². The number of likely N-dealkylation sites (N-methyl/N-ethyl adjacent to an activating group) is 1. The molecule has 4 aliphatic rings. The van der Waals surface area contributed by atoms with E-state index in [-0.39, 0.29) is 52.9 Å². The minimum absolute atomic E-state index is 0. The number of anilines is 2. The second kappa shape index (κ2) is 18.7. The van der Waals surface area contributed by atoms with E-state index >= 15 is 0 Å². The van der Waals surface area contributed by atoms with E-state index in [0.717, 1.165) is 70.9 Å². The first-order chi connectivity index (χ1) is 23.9. The molecule has 7 rings (SSSR count). The lowest BCUT2D eigenvalue weighted by Gasteiger charge is -2.41. The van der Waals surface area contributed by atoms with Gasteiger partial charge in [0.05, 0.1) is 17.3 Å². The molecule has 0 saturated carbocycles. The largest absolute Gasteiger partial charge is 0.462 e. The second-order valence-corrected chi connectivity index (χ2v) is 14.1. The number of nitrogens with zero attached hydrogens (tertiary/aromatic N) is 8. The van der Waals surface area contributed by atoms with Crippen molar-refractivity contribution in [1.82, 2.24) is 24.7 Å². The summed E-state index contributed by atoms with van der Waals surface area (Å²) in [5, 5.41) is 2.86. The van der Waals surface area contributed by atoms with E-state index in [1.54, 1.807) is 11.0 Å². The Bertz CT molecular complexity index is 1760.